The van der Waals surface area contributed by atoms with E-state index in [9.17, 15) is 13.6 Å². The van der Waals surface area contributed by atoms with Crippen LogP contribution in [0.25, 0.3) is 0 Å². The van der Waals surface area contributed by atoms with E-state index in [-0.39, 0.29) is 16.1 Å². The van der Waals surface area contributed by atoms with E-state index in [0.717, 1.165) is 12.4 Å². The molecule has 0 radical (unpaired) electrons. The first-order chi connectivity index (χ1) is 8.09. The molecule has 1 heterocycles. The number of aromatic amines is 1. The van der Waals surface area contributed by atoms with Crippen LogP contribution in [-0.4, -0.2) is 9.97 Å². The third kappa shape index (κ3) is 2.33. The van der Waals surface area contributed by atoms with Gasteiger partial charge in [-0.15, -0.1) is 0 Å². The Labute approximate surface area is 102 Å². The quantitative estimate of drug-likeness (QED) is 0.928. The predicted octanol–water partition coefficient (Wildman–Crippen LogP) is 2.60. The third-order valence-electron chi connectivity index (χ3n) is 1.89. The average molecular weight is 303 g/mol. The minimum absolute atomic E-state index is 0.00339. The number of hydrogen-bond acceptors (Lipinski definition) is 3. The van der Waals surface area contributed by atoms with Crippen molar-refractivity contribution in [2.24, 2.45) is 0 Å². The molecule has 4 nitrogen and oxygen atoms in total. The van der Waals surface area contributed by atoms with E-state index in [1.807, 2.05) is 0 Å². The number of H-pyrrole nitrogens is 1. The number of halogens is 3. The van der Waals surface area contributed by atoms with Gasteiger partial charge in [0.05, 0.1) is 6.33 Å². The number of ether oxygens (including phenoxy) is 1. The highest BCUT2D eigenvalue weighted by Crippen LogP contribution is 2.27. The zero-order valence-electron chi connectivity index (χ0n) is 8.21. The number of nitrogens with one attached hydrogen (secondary N) is 1. The van der Waals surface area contributed by atoms with Gasteiger partial charge in [-0.2, -0.15) is 4.39 Å². The number of rotatable bonds is 2. The van der Waals surface area contributed by atoms with E-state index in [1.54, 1.807) is 0 Å². The molecule has 0 aliphatic heterocycles. The fraction of sp³-hybridized carbons (Fsp3) is 0. The highest BCUT2D eigenvalue weighted by Gasteiger charge is 2.13. The van der Waals surface area contributed by atoms with Crippen LogP contribution in [0.1, 0.15) is 0 Å². The maximum absolute atomic E-state index is 13.3. The lowest BCUT2D eigenvalue weighted by Crippen LogP contribution is -2.08. The highest BCUT2D eigenvalue weighted by molar-refractivity contribution is 9.10. The first-order valence-corrected chi connectivity index (χ1v) is 5.24. The first kappa shape index (κ1) is 11.7. The third-order valence-corrected chi connectivity index (χ3v) is 2.59. The van der Waals surface area contributed by atoms with Gasteiger partial charge in [-0.25, -0.2) is 9.37 Å². The lowest BCUT2D eigenvalue weighted by Gasteiger charge is -2.06. The molecule has 0 fully saturated rings. The smallest absolute Gasteiger partial charge is 0.268 e. The molecule has 2 aromatic rings. The Balaban J connectivity index is 2.42. The van der Waals surface area contributed by atoms with Gasteiger partial charge in [-0.1, -0.05) is 6.07 Å². The Morgan fingerprint density at radius 3 is 2.88 bits per heavy atom. The van der Waals surface area contributed by atoms with Crippen LogP contribution in [0.5, 0.6) is 11.6 Å². The molecule has 2 rings (SSSR count). The van der Waals surface area contributed by atoms with E-state index in [2.05, 4.69) is 25.9 Å². The minimum Gasteiger partial charge on any atom is -0.434 e. The summed E-state index contributed by atoms with van der Waals surface area (Å²) in [4.78, 5) is 17.2. The Hall–Kier alpha value is -1.76. The van der Waals surface area contributed by atoms with Gasteiger partial charge in [0.15, 0.2) is 11.6 Å². The molecule has 0 unspecified atom stereocenters. The Bertz CT molecular complexity index is 615. The second-order valence-electron chi connectivity index (χ2n) is 3.00. The van der Waals surface area contributed by atoms with Gasteiger partial charge in [0.2, 0.25) is 11.7 Å². The Kier molecular flexibility index (Phi) is 3.19. The molecule has 1 aromatic carbocycles. The van der Waals surface area contributed by atoms with Crippen molar-refractivity contribution in [1.29, 1.82) is 0 Å². The van der Waals surface area contributed by atoms with Crippen LogP contribution < -0.4 is 10.3 Å². The van der Waals surface area contributed by atoms with Crippen LogP contribution in [0.15, 0.2) is 33.8 Å². The van der Waals surface area contributed by atoms with Gasteiger partial charge >= 0.3 is 0 Å². The summed E-state index contributed by atoms with van der Waals surface area (Å²) >= 11 is 2.93. The molecule has 0 bridgehead atoms. The molecule has 7 heteroatoms. The summed E-state index contributed by atoms with van der Waals surface area (Å²) < 4.78 is 31.2. The lowest BCUT2D eigenvalue weighted by molar-refractivity contribution is 0.402. The summed E-state index contributed by atoms with van der Waals surface area (Å²) in [6.45, 7) is 0. The summed E-state index contributed by atoms with van der Waals surface area (Å²) in [5.41, 5.74) is -0.480. The van der Waals surface area contributed by atoms with Gasteiger partial charge in [0.1, 0.15) is 4.47 Å². The second kappa shape index (κ2) is 4.62. The molecule has 1 N–H and O–H groups in total. The molecule has 0 amide bonds. The summed E-state index contributed by atoms with van der Waals surface area (Å²) in [6, 6.07) is 3.48. The zero-order valence-corrected chi connectivity index (χ0v) is 9.79. The summed E-state index contributed by atoms with van der Waals surface area (Å²) in [5.74, 6) is -2.66. The molecule has 0 saturated heterocycles. The molecule has 17 heavy (non-hydrogen) atoms. The number of benzene rings is 1. The molecule has 0 aliphatic rings. The maximum Gasteiger partial charge on any atom is 0.268 e. The van der Waals surface area contributed by atoms with Gasteiger partial charge in [-0.05, 0) is 28.1 Å². The largest absolute Gasteiger partial charge is 0.434 e. The van der Waals surface area contributed by atoms with Crippen LogP contribution in [0, 0.1) is 11.6 Å². The van der Waals surface area contributed by atoms with Crippen LogP contribution in [-0.2, 0) is 0 Å². The topological polar surface area (TPSA) is 55.0 Å². The Morgan fingerprint density at radius 1 is 1.35 bits per heavy atom. The van der Waals surface area contributed by atoms with Gasteiger partial charge in [0.25, 0.3) is 5.56 Å². The minimum atomic E-state index is -1.14. The number of nitrogens with zero attached hydrogens (tertiary/aromatic N) is 1. The summed E-state index contributed by atoms with van der Waals surface area (Å²) in [7, 11) is 0. The van der Waals surface area contributed by atoms with Crippen LogP contribution in [0.4, 0.5) is 8.78 Å². The predicted molar refractivity (Wildman–Crippen MR) is 59.0 cm³/mol. The van der Waals surface area contributed by atoms with E-state index in [1.165, 1.54) is 12.1 Å². The van der Waals surface area contributed by atoms with Crippen molar-refractivity contribution in [1.82, 2.24) is 9.97 Å². The normalized spacial score (nSPS) is 10.3. The van der Waals surface area contributed by atoms with E-state index in [4.69, 9.17) is 4.74 Å². The molecule has 1 aromatic heterocycles. The molecule has 88 valence electrons. The van der Waals surface area contributed by atoms with Crippen LogP contribution >= 0.6 is 15.9 Å². The first-order valence-electron chi connectivity index (χ1n) is 4.44. The Morgan fingerprint density at radius 2 is 2.12 bits per heavy atom. The highest BCUT2D eigenvalue weighted by atomic mass is 79.9. The van der Waals surface area contributed by atoms with Gasteiger partial charge in [0, 0.05) is 0 Å². The van der Waals surface area contributed by atoms with Crippen molar-refractivity contribution < 1.29 is 13.5 Å². The van der Waals surface area contributed by atoms with Crippen LogP contribution in [0.2, 0.25) is 0 Å². The van der Waals surface area contributed by atoms with Crippen molar-refractivity contribution in [3.63, 3.8) is 0 Å². The standard InChI is InChI=1S/C10H5BrF2N2O2/c11-7-9(16)14-4-15-10(7)17-6-3-1-2-5(12)8(6)13/h1-4H,(H,14,15,16). The van der Waals surface area contributed by atoms with E-state index in [0.29, 0.717) is 0 Å². The van der Waals surface area contributed by atoms with Gasteiger partial charge < -0.3 is 9.72 Å². The monoisotopic (exact) mass is 302 g/mol. The molecular formula is C10H5BrF2N2O2. The number of aromatic nitrogens is 2. The SMILES string of the molecule is O=c1[nH]cnc(Oc2cccc(F)c2F)c1Br. The molecule has 0 aliphatic carbocycles. The van der Waals surface area contributed by atoms with E-state index < -0.39 is 17.2 Å². The van der Waals surface area contributed by atoms with Crippen molar-refractivity contribution >= 4 is 15.9 Å². The van der Waals surface area contributed by atoms with E-state index >= 15 is 0 Å². The van der Waals surface area contributed by atoms with Crippen LogP contribution in [0.3, 0.4) is 0 Å². The number of hydrogen-bond donors (Lipinski definition) is 1. The molecule has 0 spiro atoms. The van der Waals surface area contributed by atoms with Crippen molar-refractivity contribution in [2.75, 3.05) is 0 Å². The lowest BCUT2D eigenvalue weighted by atomic mass is 10.3. The van der Waals surface area contributed by atoms with Gasteiger partial charge in [-0.3, -0.25) is 4.79 Å². The molecule has 0 atom stereocenters. The second-order valence-corrected chi connectivity index (χ2v) is 3.80. The van der Waals surface area contributed by atoms with Crippen molar-refractivity contribution in [3.05, 3.63) is 51.0 Å². The van der Waals surface area contributed by atoms with Crippen molar-refractivity contribution in [3.8, 4) is 11.6 Å². The maximum atomic E-state index is 13.3. The zero-order chi connectivity index (χ0) is 12.4. The fourth-order valence-corrected chi connectivity index (χ4v) is 1.40. The summed E-state index contributed by atoms with van der Waals surface area (Å²) in [6.07, 6.45) is 1.10. The molecular weight excluding hydrogens is 298 g/mol. The van der Waals surface area contributed by atoms with Crippen molar-refractivity contribution in [2.45, 2.75) is 0 Å². The summed E-state index contributed by atoms with van der Waals surface area (Å²) in [5, 5.41) is 0. The fourth-order valence-electron chi connectivity index (χ4n) is 1.10. The molecule has 0 saturated carbocycles. The average Bonchev–Trinajstić information content (AvgIpc) is 2.31.